The van der Waals surface area contributed by atoms with E-state index in [1.165, 1.54) is 17.4 Å². The standard InChI is InChI=1S/C15H14ClN3O3S2/c1-19(24(20,21)14-8-7-12(16)23-14)10-9-13-17-15(22-18-13)11-5-3-2-4-6-11/h2-8H,9-10H2,1H3. The lowest BCUT2D eigenvalue weighted by Gasteiger charge is -2.14. The lowest BCUT2D eigenvalue weighted by Crippen LogP contribution is -2.28. The van der Waals surface area contributed by atoms with Crippen LogP contribution in [0.3, 0.4) is 0 Å². The van der Waals surface area contributed by atoms with Gasteiger partial charge in [0.05, 0.1) is 4.34 Å². The van der Waals surface area contributed by atoms with Crippen LogP contribution in [-0.2, 0) is 16.4 Å². The quantitative estimate of drug-likeness (QED) is 0.652. The molecule has 9 heteroatoms. The number of halogens is 1. The van der Waals surface area contributed by atoms with Gasteiger partial charge < -0.3 is 4.52 Å². The van der Waals surface area contributed by atoms with Gasteiger partial charge in [-0.25, -0.2) is 8.42 Å². The van der Waals surface area contributed by atoms with E-state index in [0.29, 0.717) is 22.5 Å². The Morgan fingerprint density at radius 2 is 1.96 bits per heavy atom. The molecular weight excluding hydrogens is 370 g/mol. The van der Waals surface area contributed by atoms with Crippen LogP contribution in [0.2, 0.25) is 4.34 Å². The third kappa shape index (κ3) is 3.67. The number of benzene rings is 1. The largest absolute Gasteiger partial charge is 0.334 e. The number of aromatic nitrogens is 2. The summed E-state index contributed by atoms with van der Waals surface area (Å²) in [4.78, 5) is 4.29. The molecule has 0 unspecified atom stereocenters. The first kappa shape index (κ1) is 17.1. The maximum Gasteiger partial charge on any atom is 0.257 e. The zero-order chi connectivity index (χ0) is 17.2. The molecule has 3 rings (SSSR count). The molecule has 0 aliphatic rings. The normalized spacial score (nSPS) is 12.0. The molecule has 0 bridgehead atoms. The van der Waals surface area contributed by atoms with Crippen LogP contribution in [-0.4, -0.2) is 36.5 Å². The van der Waals surface area contributed by atoms with E-state index in [9.17, 15) is 8.42 Å². The van der Waals surface area contributed by atoms with Gasteiger partial charge in [-0.05, 0) is 24.3 Å². The smallest absolute Gasteiger partial charge is 0.257 e. The van der Waals surface area contributed by atoms with Gasteiger partial charge in [-0.3, -0.25) is 0 Å². The van der Waals surface area contributed by atoms with Gasteiger partial charge in [0.2, 0.25) is 0 Å². The highest BCUT2D eigenvalue weighted by atomic mass is 35.5. The van der Waals surface area contributed by atoms with Crippen molar-refractivity contribution in [1.82, 2.24) is 14.4 Å². The summed E-state index contributed by atoms with van der Waals surface area (Å²) in [7, 11) is -2.04. The number of thiophene rings is 1. The highest BCUT2D eigenvalue weighted by molar-refractivity contribution is 7.91. The molecular formula is C15H14ClN3O3S2. The van der Waals surface area contributed by atoms with Gasteiger partial charge in [-0.2, -0.15) is 9.29 Å². The molecule has 0 saturated heterocycles. The van der Waals surface area contributed by atoms with Crippen LogP contribution in [0.15, 0.2) is 51.2 Å². The number of hydrogen-bond donors (Lipinski definition) is 0. The Kier molecular flexibility index (Phi) is 5.00. The Labute approximate surface area is 148 Å². The average Bonchev–Trinajstić information content (AvgIpc) is 3.22. The van der Waals surface area contributed by atoms with E-state index in [1.807, 2.05) is 30.3 Å². The van der Waals surface area contributed by atoms with E-state index < -0.39 is 10.0 Å². The van der Waals surface area contributed by atoms with Crippen LogP contribution in [0, 0.1) is 0 Å². The van der Waals surface area contributed by atoms with Crippen molar-refractivity contribution in [3.63, 3.8) is 0 Å². The predicted molar refractivity (Wildman–Crippen MR) is 92.6 cm³/mol. The Bertz CT molecular complexity index is 922. The first-order chi connectivity index (χ1) is 11.5. The highest BCUT2D eigenvalue weighted by Crippen LogP contribution is 2.27. The summed E-state index contributed by atoms with van der Waals surface area (Å²) in [5, 5.41) is 3.90. The van der Waals surface area contributed by atoms with E-state index in [-0.39, 0.29) is 10.8 Å². The summed E-state index contributed by atoms with van der Waals surface area (Å²) >= 11 is 6.84. The first-order valence-corrected chi connectivity index (χ1v) is 9.70. The maximum absolute atomic E-state index is 12.4. The van der Waals surface area contributed by atoms with Crippen molar-refractivity contribution >= 4 is 33.0 Å². The molecule has 0 aliphatic carbocycles. The zero-order valence-corrected chi connectivity index (χ0v) is 15.1. The van der Waals surface area contributed by atoms with Gasteiger partial charge in [0.25, 0.3) is 15.9 Å². The van der Waals surface area contributed by atoms with Crippen LogP contribution in [0.4, 0.5) is 0 Å². The fraction of sp³-hybridized carbons (Fsp3) is 0.200. The van der Waals surface area contributed by atoms with Crippen LogP contribution < -0.4 is 0 Å². The minimum atomic E-state index is -3.55. The SMILES string of the molecule is CN(CCc1noc(-c2ccccc2)n1)S(=O)(=O)c1ccc(Cl)s1. The Balaban J connectivity index is 1.67. The van der Waals surface area contributed by atoms with Crippen molar-refractivity contribution in [3.8, 4) is 11.5 Å². The predicted octanol–water partition coefficient (Wildman–Crippen LogP) is 3.31. The fourth-order valence-corrected chi connectivity index (χ4v) is 4.89. The maximum atomic E-state index is 12.4. The Hall–Kier alpha value is -1.74. The Morgan fingerprint density at radius 1 is 1.21 bits per heavy atom. The number of nitrogens with zero attached hydrogens (tertiary/aromatic N) is 3. The van der Waals surface area contributed by atoms with Gasteiger partial charge in [0.15, 0.2) is 5.82 Å². The molecule has 0 amide bonds. The molecule has 0 spiro atoms. The third-order valence-electron chi connectivity index (χ3n) is 3.35. The molecule has 6 nitrogen and oxygen atoms in total. The van der Waals surface area contributed by atoms with Gasteiger partial charge in [-0.15, -0.1) is 11.3 Å². The second kappa shape index (κ2) is 7.02. The van der Waals surface area contributed by atoms with Gasteiger partial charge in [0.1, 0.15) is 4.21 Å². The van der Waals surface area contributed by atoms with Crippen LogP contribution in [0.1, 0.15) is 5.82 Å². The topological polar surface area (TPSA) is 76.3 Å². The third-order valence-corrected chi connectivity index (χ3v) is 6.91. The number of rotatable bonds is 6. The number of sulfonamides is 1. The summed E-state index contributed by atoms with van der Waals surface area (Å²) in [6.07, 6.45) is 0.352. The molecule has 0 saturated carbocycles. The van der Waals surface area contributed by atoms with Crippen molar-refractivity contribution in [2.24, 2.45) is 0 Å². The molecule has 0 atom stereocenters. The van der Waals surface area contributed by atoms with Crippen molar-refractivity contribution in [1.29, 1.82) is 0 Å². The van der Waals surface area contributed by atoms with Gasteiger partial charge in [0, 0.05) is 25.6 Å². The highest BCUT2D eigenvalue weighted by Gasteiger charge is 2.23. The summed E-state index contributed by atoms with van der Waals surface area (Å²) in [5.74, 6) is 0.876. The molecule has 0 aliphatic heterocycles. The van der Waals surface area contributed by atoms with Gasteiger partial charge in [-0.1, -0.05) is 35.0 Å². The second-order valence-corrected chi connectivity index (χ2v) is 9.00. The lowest BCUT2D eigenvalue weighted by molar-refractivity contribution is 0.415. The average molecular weight is 384 g/mol. The van der Waals surface area contributed by atoms with E-state index in [0.717, 1.165) is 16.9 Å². The number of likely N-dealkylation sites (N-methyl/N-ethyl adjacent to an activating group) is 1. The Morgan fingerprint density at radius 3 is 2.62 bits per heavy atom. The molecule has 1 aromatic carbocycles. The van der Waals surface area contributed by atoms with Crippen molar-refractivity contribution in [2.45, 2.75) is 10.6 Å². The molecule has 0 radical (unpaired) electrons. The first-order valence-electron chi connectivity index (χ1n) is 7.06. The zero-order valence-electron chi connectivity index (χ0n) is 12.7. The molecule has 0 fully saturated rings. The van der Waals surface area contributed by atoms with E-state index in [2.05, 4.69) is 10.1 Å². The molecule has 126 valence electrons. The van der Waals surface area contributed by atoms with E-state index in [4.69, 9.17) is 16.1 Å². The summed E-state index contributed by atoms with van der Waals surface area (Å²) in [6, 6.07) is 12.5. The van der Waals surface area contributed by atoms with E-state index >= 15 is 0 Å². The summed E-state index contributed by atoms with van der Waals surface area (Å²) in [5.41, 5.74) is 0.824. The van der Waals surface area contributed by atoms with Crippen molar-refractivity contribution < 1.29 is 12.9 Å². The minimum Gasteiger partial charge on any atom is -0.334 e. The summed E-state index contributed by atoms with van der Waals surface area (Å²) in [6.45, 7) is 0.242. The second-order valence-electron chi connectivity index (χ2n) is 5.02. The van der Waals surface area contributed by atoms with Crippen LogP contribution >= 0.6 is 22.9 Å². The molecule has 0 N–H and O–H groups in total. The van der Waals surface area contributed by atoms with Crippen LogP contribution in [0.25, 0.3) is 11.5 Å². The molecule has 2 aromatic heterocycles. The number of hydrogen-bond acceptors (Lipinski definition) is 6. The lowest BCUT2D eigenvalue weighted by atomic mass is 10.2. The monoisotopic (exact) mass is 383 g/mol. The minimum absolute atomic E-state index is 0.216. The molecule has 2 heterocycles. The molecule has 24 heavy (non-hydrogen) atoms. The summed E-state index contributed by atoms with van der Waals surface area (Å²) < 4.78 is 31.9. The van der Waals surface area contributed by atoms with Gasteiger partial charge >= 0.3 is 0 Å². The van der Waals surface area contributed by atoms with E-state index in [1.54, 1.807) is 6.07 Å². The fourth-order valence-electron chi connectivity index (χ4n) is 2.02. The van der Waals surface area contributed by atoms with Crippen LogP contribution in [0.5, 0.6) is 0 Å². The molecule has 3 aromatic rings. The van der Waals surface area contributed by atoms with Crippen molar-refractivity contribution in [3.05, 3.63) is 52.6 Å². The van der Waals surface area contributed by atoms with Crippen molar-refractivity contribution in [2.75, 3.05) is 13.6 Å².